The highest BCUT2D eigenvalue weighted by Crippen LogP contribution is 2.18. The van der Waals surface area contributed by atoms with Gasteiger partial charge in [-0.2, -0.15) is 0 Å². The highest BCUT2D eigenvalue weighted by molar-refractivity contribution is 5.32. The van der Waals surface area contributed by atoms with Gasteiger partial charge in [-0.25, -0.2) is 0 Å². The Hall–Kier alpha value is -0.860. The first-order valence-electron chi connectivity index (χ1n) is 5.99. The summed E-state index contributed by atoms with van der Waals surface area (Å²) in [6, 6.07) is 6.36. The Balaban J connectivity index is 2.62. The van der Waals surface area contributed by atoms with Crippen molar-refractivity contribution < 1.29 is 4.74 Å². The summed E-state index contributed by atoms with van der Waals surface area (Å²) in [7, 11) is 0. The molecule has 2 unspecified atom stereocenters. The molecule has 0 spiro atoms. The van der Waals surface area contributed by atoms with Crippen LogP contribution in [0.1, 0.15) is 43.0 Å². The molecule has 0 aliphatic carbocycles. The number of ether oxygens (including phenoxy) is 1. The molecule has 2 heteroatoms. The lowest BCUT2D eigenvalue weighted by Gasteiger charge is -2.18. The van der Waals surface area contributed by atoms with Gasteiger partial charge in [0.2, 0.25) is 0 Å². The third kappa shape index (κ3) is 3.62. The van der Waals surface area contributed by atoms with Crippen LogP contribution in [-0.4, -0.2) is 12.7 Å². The van der Waals surface area contributed by atoms with Crippen LogP contribution in [0, 0.1) is 13.8 Å². The van der Waals surface area contributed by atoms with Crippen LogP contribution in [0.15, 0.2) is 18.2 Å². The van der Waals surface area contributed by atoms with E-state index in [1.54, 1.807) is 0 Å². The molecule has 2 nitrogen and oxygen atoms in total. The Kier molecular flexibility index (Phi) is 4.97. The van der Waals surface area contributed by atoms with Crippen molar-refractivity contribution in [3.05, 3.63) is 34.9 Å². The van der Waals surface area contributed by atoms with Crippen LogP contribution in [0.2, 0.25) is 0 Å². The van der Waals surface area contributed by atoms with Gasteiger partial charge < -0.3 is 10.5 Å². The van der Waals surface area contributed by atoms with Gasteiger partial charge in [-0.1, -0.05) is 30.7 Å². The van der Waals surface area contributed by atoms with Crippen molar-refractivity contribution in [2.24, 2.45) is 5.73 Å². The van der Waals surface area contributed by atoms with Crippen LogP contribution >= 0.6 is 0 Å². The molecule has 0 radical (unpaired) electrons. The maximum Gasteiger partial charge on any atom is 0.0663 e. The van der Waals surface area contributed by atoms with Gasteiger partial charge in [-0.05, 0) is 38.3 Å². The van der Waals surface area contributed by atoms with E-state index < -0.39 is 0 Å². The van der Waals surface area contributed by atoms with Gasteiger partial charge in [0.05, 0.1) is 18.8 Å². The second kappa shape index (κ2) is 6.02. The molecule has 2 N–H and O–H groups in total. The van der Waals surface area contributed by atoms with Gasteiger partial charge in [-0.15, -0.1) is 0 Å². The fourth-order valence-corrected chi connectivity index (χ4v) is 1.72. The van der Waals surface area contributed by atoms with Gasteiger partial charge >= 0.3 is 0 Å². The maximum absolute atomic E-state index is 6.12. The Bertz CT molecular complexity index is 336. The lowest BCUT2D eigenvalue weighted by molar-refractivity contribution is 0.0538. The molecule has 0 saturated carbocycles. The van der Waals surface area contributed by atoms with Crippen molar-refractivity contribution in [1.82, 2.24) is 0 Å². The molecule has 0 aliphatic rings. The maximum atomic E-state index is 6.12. The molecular formula is C14H23NO. The highest BCUT2D eigenvalue weighted by Gasteiger charge is 2.10. The van der Waals surface area contributed by atoms with E-state index >= 15 is 0 Å². The van der Waals surface area contributed by atoms with E-state index in [4.69, 9.17) is 10.5 Å². The van der Waals surface area contributed by atoms with Gasteiger partial charge in [0, 0.05) is 0 Å². The molecule has 1 aromatic rings. The van der Waals surface area contributed by atoms with E-state index in [0.29, 0.717) is 6.61 Å². The third-order valence-electron chi connectivity index (χ3n) is 2.96. The van der Waals surface area contributed by atoms with Gasteiger partial charge in [0.1, 0.15) is 0 Å². The highest BCUT2D eigenvalue weighted by atomic mass is 16.5. The molecule has 0 heterocycles. The monoisotopic (exact) mass is 221 g/mol. The van der Waals surface area contributed by atoms with Crippen molar-refractivity contribution in [3.8, 4) is 0 Å². The van der Waals surface area contributed by atoms with Crippen LogP contribution in [0.5, 0.6) is 0 Å². The van der Waals surface area contributed by atoms with Crippen LogP contribution in [0.3, 0.4) is 0 Å². The average molecular weight is 221 g/mol. The minimum atomic E-state index is -0.0189. The Morgan fingerprint density at radius 3 is 2.56 bits per heavy atom. The summed E-state index contributed by atoms with van der Waals surface area (Å²) in [5, 5.41) is 0. The first kappa shape index (κ1) is 13.2. The molecule has 0 amide bonds. The summed E-state index contributed by atoms with van der Waals surface area (Å²) in [5.41, 5.74) is 9.84. The summed E-state index contributed by atoms with van der Waals surface area (Å²) < 4.78 is 5.67. The normalized spacial score (nSPS) is 14.8. The predicted octanol–water partition coefficient (Wildman–Crippen LogP) is 3.12. The number of rotatable bonds is 5. The van der Waals surface area contributed by atoms with Crippen LogP contribution in [-0.2, 0) is 4.74 Å². The van der Waals surface area contributed by atoms with Gasteiger partial charge in [0.15, 0.2) is 0 Å². The van der Waals surface area contributed by atoms with E-state index in [2.05, 4.69) is 45.9 Å². The number of benzene rings is 1. The number of hydrogen-bond acceptors (Lipinski definition) is 2. The van der Waals surface area contributed by atoms with E-state index in [0.717, 1.165) is 6.42 Å². The van der Waals surface area contributed by atoms with Crippen LogP contribution < -0.4 is 5.73 Å². The molecular weight excluding hydrogens is 198 g/mol. The largest absolute Gasteiger partial charge is 0.377 e. The fraction of sp³-hybridized carbons (Fsp3) is 0.571. The zero-order valence-electron chi connectivity index (χ0n) is 10.8. The van der Waals surface area contributed by atoms with E-state index in [-0.39, 0.29) is 12.1 Å². The average Bonchev–Trinajstić information content (AvgIpc) is 2.25. The second-order valence-electron chi connectivity index (χ2n) is 4.52. The minimum Gasteiger partial charge on any atom is -0.377 e. The van der Waals surface area contributed by atoms with E-state index in [1.165, 1.54) is 16.7 Å². The van der Waals surface area contributed by atoms with Gasteiger partial charge in [-0.3, -0.25) is 0 Å². The summed E-state index contributed by atoms with van der Waals surface area (Å²) in [4.78, 5) is 0. The Morgan fingerprint density at radius 1 is 1.31 bits per heavy atom. The smallest absolute Gasteiger partial charge is 0.0663 e. The zero-order chi connectivity index (χ0) is 12.1. The third-order valence-corrected chi connectivity index (χ3v) is 2.96. The number of nitrogens with two attached hydrogens (primary N) is 1. The Morgan fingerprint density at radius 2 is 2.00 bits per heavy atom. The molecule has 0 saturated heterocycles. The molecule has 1 aromatic carbocycles. The molecule has 0 bridgehead atoms. The second-order valence-corrected chi connectivity index (χ2v) is 4.52. The summed E-state index contributed by atoms with van der Waals surface area (Å²) >= 11 is 0. The lowest BCUT2D eigenvalue weighted by atomic mass is 10.0. The van der Waals surface area contributed by atoms with Crippen LogP contribution in [0.4, 0.5) is 0 Å². The van der Waals surface area contributed by atoms with E-state index in [9.17, 15) is 0 Å². The van der Waals surface area contributed by atoms with Crippen LogP contribution in [0.25, 0.3) is 0 Å². The quantitative estimate of drug-likeness (QED) is 0.829. The molecule has 90 valence electrons. The topological polar surface area (TPSA) is 35.2 Å². The fourth-order valence-electron chi connectivity index (χ4n) is 1.72. The van der Waals surface area contributed by atoms with Crippen molar-refractivity contribution in [2.45, 2.75) is 46.3 Å². The first-order chi connectivity index (χ1) is 7.54. The van der Waals surface area contributed by atoms with Gasteiger partial charge in [0.25, 0.3) is 0 Å². The zero-order valence-corrected chi connectivity index (χ0v) is 10.8. The molecule has 1 rings (SSSR count). The van der Waals surface area contributed by atoms with E-state index in [1.807, 2.05) is 0 Å². The van der Waals surface area contributed by atoms with Crippen molar-refractivity contribution >= 4 is 0 Å². The SMILES string of the molecule is CCC(C)OCC(N)c1ccc(C)cc1C. The first-order valence-corrected chi connectivity index (χ1v) is 5.99. The summed E-state index contributed by atoms with van der Waals surface area (Å²) in [5.74, 6) is 0. The predicted molar refractivity (Wildman–Crippen MR) is 68.5 cm³/mol. The Labute approximate surface area is 98.8 Å². The lowest BCUT2D eigenvalue weighted by Crippen LogP contribution is -2.21. The summed E-state index contributed by atoms with van der Waals surface area (Å²) in [6.07, 6.45) is 1.32. The minimum absolute atomic E-state index is 0.0189. The molecule has 16 heavy (non-hydrogen) atoms. The van der Waals surface area contributed by atoms with Crippen molar-refractivity contribution in [3.63, 3.8) is 0 Å². The summed E-state index contributed by atoms with van der Waals surface area (Å²) in [6.45, 7) is 8.99. The molecule has 2 atom stereocenters. The molecule has 0 aliphatic heterocycles. The molecule has 0 aromatic heterocycles. The molecule has 0 fully saturated rings. The van der Waals surface area contributed by atoms with Crippen molar-refractivity contribution in [2.75, 3.05) is 6.61 Å². The standard InChI is InChI=1S/C14H23NO/c1-5-12(4)16-9-14(15)13-7-6-10(2)8-11(13)3/h6-8,12,14H,5,9,15H2,1-4H3. The van der Waals surface area contributed by atoms with Crippen molar-refractivity contribution in [1.29, 1.82) is 0 Å². The number of aryl methyl sites for hydroxylation is 2. The number of hydrogen-bond donors (Lipinski definition) is 1.